The third-order valence-electron chi connectivity index (χ3n) is 5.65. The minimum absolute atomic E-state index is 0.529. The first-order chi connectivity index (χ1) is 15.2. The van der Waals surface area contributed by atoms with Crippen molar-refractivity contribution >= 4 is 23.1 Å². The van der Waals surface area contributed by atoms with E-state index >= 15 is 0 Å². The van der Waals surface area contributed by atoms with E-state index in [9.17, 15) is 5.26 Å². The molecule has 0 atom stereocenters. The Labute approximate surface area is 185 Å². The molecule has 0 radical (unpaired) electrons. The van der Waals surface area contributed by atoms with Crippen LogP contribution < -0.4 is 4.90 Å². The number of nitriles is 1. The summed E-state index contributed by atoms with van der Waals surface area (Å²) in [5.74, 6) is 0.709. The van der Waals surface area contributed by atoms with Crippen LogP contribution in [0.15, 0.2) is 66.9 Å². The number of hydrogen-bond acceptors (Lipinski definition) is 5. The molecule has 1 aliphatic rings. The van der Waals surface area contributed by atoms with Crippen molar-refractivity contribution < 1.29 is 0 Å². The number of anilines is 1. The second-order valence-electron chi connectivity index (χ2n) is 7.64. The van der Waals surface area contributed by atoms with Crippen molar-refractivity contribution in [3.63, 3.8) is 0 Å². The lowest BCUT2D eigenvalue weighted by molar-refractivity contribution is 0.249. The van der Waals surface area contributed by atoms with E-state index in [0.717, 1.165) is 49.0 Å². The van der Waals surface area contributed by atoms with Gasteiger partial charge in [-0.3, -0.25) is 4.90 Å². The van der Waals surface area contributed by atoms with E-state index in [1.165, 1.54) is 5.56 Å². The van der Waals surface area contributed by atoms with Crippen LogP contribution in [0.1, 0.15) is 11.1 Å². The van der Waals surface area contributed by atoms with Crippen LogP contribution in [-0.4, -0.2) is 45.7 Å². The van der Waals surface area contributed by atoms with Gasteiger partial charge in [-0.15, -0.1) is 5.10 Å². The first kappa shape index (κ1) is 19.6. The molecule has 31 heavy (non-hydrogen) atoms. The highest BCUT2D eigenvalue weighted by atomic mass is 35.5. The highest BCUT2D eigenvalue weighted by Crippen LogP contribution is 2.27. The molecular weight excluding hydrogens is 408 g/mol. The van der Waals surface area contributed by atoms with Crippen LogP contribution in [0.2, 0.25) is 5.02 Å². The van der Waals surface area contributed by atoms with Gasteiger partial charge in [0, 0.05) is 49.5 Å². The van der Waals surface area contributed by atoms with Gasteiger partial charge in [-0.25, -0.2) is 9.50 Å². The Morgan fingerprint density at radius 2 is 1.77 bits per heavy atom. The van der Waals surface area contributed by atoms with Crippen molar-refractivity contribution in [3.05, 3.63) is 83.0 Å². The fraction of sp³-hybridized carbons (Fsp3) is 0.208. The third kappa shape index (κ3) is 3.86. The quantitative estimate of drug-likeness (QED) is 0.486. The largest absolute Gasteiger partial charge is 0.351 e. The first-order valence-corrected chi connectivity index (χ1v) is 10.7. The molecule has 4 aromatic rings. The zero-order valence-electron chi connectivity index (χ0n) is 16.9. The lowest BCUT2D eigenvalue weighted by Crippen LogP contribution is -2.46. The van der Waals surface area contributed by atoms with Crippen LogP contribution in [0.3, 0.4) is 0 Å². The molecular formula is C24H21ClN6. The van der Waals surface area contributed by atoms with Gasteiger partial charge in [-0.05, 0) is 23.8 Å². The Hall–Kier alpha value is -3.40. The minimum atomic E-state index is 0.529. The SMILES string of the molecule is N#Cc1c(N2CCN(Cc3cccc(Cl)c3)CC2)nn2c(-c3ccccc3)ccnc12. The highest BCUT2D eigenvalue weighted by Gasteiger charge is 2.25. The monoisotopic (exact) mass is 428 g/mol. The molecule has 0 amide bonds. The van der Waals surface area contributed by atoms with Crippen molar-refractivity contribution in [1.29, 1.82) is 5.26 Å². The van der Waals surface area contributed by atoms with Crippen molar-refractivity contribution in [2.24, 2.45) is 0 Å². The van der Waals surface area contributed by atoms with Gasteiger partial charge >= 0.3 is 0 Å². The normalized spacial score (nSPS) is 14.6. The van der Waals surface area contributed by atoms with E-state index < -0.39 is 0 Å². The minimum Gasteiger partial charge on any atom is -0.351 e. The molecule has 0 saturated carbocycles. The van der Waals surface area contributed by atoms with E-state index in [1.807, 2.05) is 54.6 Å². The average Bonchev–Trinajstić information content (AvgIpc) is 3.19. The number of nitrogens with zero attached hydrogens (tertiary/aromatic N) is 6. The van der Waals surface area contributed by atoms with Gasteiger partial charge in [0.15, 0.2) is 11.5 Å². The van der Waals surface area contributed by atoms with Crippen LogP contribution in [0.5, 0.6) is 0 Å². The molecule has 7 heteroatoms. The summed E-state index contributed by atoms with van der Waals surface area (Å²) in [6.07, 6.45) is 1.74. The lowest BCUT2D eigenvalue weighted by atomic mass is 10.1. The molecule has 0 spiro atoms. The molecule has 3 heterocycles. The Morgan fingerprint density at radius 3 is 2.52 bits per heavy atom. The maximum absolute atomic E-state index is 9.88. The maximum atomic E-state index is 9.88. The van der Waals surface area contributed by atoms with Crippen LogP contribution in [-0.2, 0) is 6.54 Å². The van der Waals surface area contributed by atoms with Gasteiger partial charge in [0.05, 0.1) is 5.69 Å². The fourth-order valence-corrected chi connectivity index (χ4v) is 4.31. The number of benzene rings is 2. The Kier molecular flexibility index (Phi) is 5.29. The van der Waals surface area contributed by atoms with E-state index in [1.54, 1.807) is 10.7 Å². The molecule has 154 valence electrons. The molecule has 6 nitrogen and oxygen atoms in total. The molecule has 1 aliphatic heterocycles. The summed E-state index contributed by atoms with van der Waals surface area (Å²) < 4.78 is 1.79. The van der Waals surface area contributed by atoms with Crippen LogP contribution in [0.25, 0.3) is 16.9 Å². The number of rotatable bonds is 4. The van der Waals surface area contributed by atoms with E-state index in [0.29, 0.717) is 17.0 Å². The topological polar surface area (TPSA) is 60.5 Å². The van der Waals surface area contributed by atoms with Crippen LogP contribution in [0.4, 0.5) is 5.82 Å². The van der Waals surface area contributed by atoms with E-state index in [4.69, 9.17) is 16.7 Å². The maximum Gasteiger partial charge on any atom is 0.175 e. The molecule has 1 saturated heterocycles. The standard InChI is InChI=1S/C24H21ClN6/c25-20-8-4-5-18(15-20)17-29-11-13-30(14-12-29)24-21(16-26)23-27-10-9-22(31(23)28-24)19-6-2-1-3-7-19/h1-10,15H,11-14,17H2. The predicted octanol–water partition coefficient (Wildman–Crippen LogP) is 4.24. The number of hydrogen-bond donors (Lipinski definition) is 0. The van der Waals surface area contributed by atoms with Gasteiger partial charge in [0.2, 0.25) is 0 Å². The molecule has 2 aromatic carbocycles. The number of fused-ring (bicyclic) bond motifs is 1. The van der Waals surface area contributed by atoms with Crippen molar-refractivity contribution in [2.75, 3.05) is 31.1 Å². The van der Waals surface area contributed by atoms with Gasteiger partial charge < -0.3 is 4.90 Å². The summed E-state index contributed by atoms with van der Waals surface area (Å²) in [6, 6.07) is 22.3. The summed E-state index contributed by atoms with van der Waals surface area (Å²) in [6.45, 7) is 4.26. The van der Waals surface area contributed by atoms with Crippen LogP contribution in [0, 0.1) is 11.3 Å². The molecule has 0 bridgehead atoms. The lowest BCUT2D eigenvalue weighted by Gasteiger charge is -2.35. The van der Waals surface area contributed by atoms with Gasteiger partial charge in [-0.2, -0.15) is 5.26 Å². The molecule has 1 fully saturated rings. The van der Waals surface area contributed by atoms with Gasteiger partial charge in [-0.1, -0.05) is 54.1 Å². The van der Waals surface area contributed by atoms with Crippen molar-refractivity contribution in [3.8, 4) is 17.3 Å². The molecule has 2 aromatic heterocycles. The summed E-state index contributed by atoms with van der Waals surface area (Å²) in [4.78, 5) is 9.05. The fourth-order valence-electron chi connectivity index (χ4n) is 4.09. The predicted molar refractivity (Wildman–Crippen MR) is 122 cm³/mol. The zero-order chi connectivity index (χ0) is 21.2. The van der Waals surface area contributed by atoms with Crippen molar-refractivity contribution in [2.45, 2.75) is 6.54 Å². The molecule has 0 unspecified atom stereocenters. The van der Waals surface area contributed by atoms with E-state index in [2.05, 4.69) is 26.9 Å². The Morgan fingerprint density at radius 1 is 0.968 bits per heavy atom. The Balaban J connectivity index is 1.40. The van der Waals surface area contributed by atoms with Crippen LogP contribution >= 0.6 is 11.6 Å². The van der Waals surface area contributed by atoms with E-state index in [-0.39, 0.29) is 0 Å². The van der Waals surface area contributed by atoms with Gasteiger partial charge in [0.1, 0.15) is 11.6 Å². The summed E-state index contributed by atoms with van der Waals surface area (Å²) >= 11 is 6.12. The highest BCUT2D eigenvalue weighted by molar-refractivity contribution is 6.30. The summed E-state index contributed by atoms with van der Waals surface area (Å²) in [5, 5.41) is 15.5. The van der Waals surface area contributed by atoms with Crippen molar-refractivity contribution in [1.82, 2.24) is 19.5 Å². The zero-order valence-corrected chi connectivity index (χ0v) is 17.7. The third-order valence-corrected chi connectivity index (χ3v) is 5.88. The summed E-state index contributed by atoms with van der Waals surface area (Å²) in [7, 11) is 0. The smallest absolute Gasteiger partial charge is 0.175 e. The number of aromatic nitrogens is 3. The Bertz CT molecular complexity index is 1250. The molecule has 5 rings (SSSR count). The molecule has 0 N–H and O–H groups in total. The second kappa shape index (κ2) is 8.38. The number of halogens is 1. The number of piperazine rings is 1. The average molecular weight is 429 g/mol. The summed E-state index contributed by atoms with van der Waals surface area (Å²) in [5.41, 5.74) is 4.30. The second-order valence-corrected chi connectivity index (χ2v) is 8.07. The molecule has 0 aliphatic carbocycles. The van der Waals surface area contributed by atoms with Gasteiger partial charge in [0.25, 0.3) is 0 Å². The first-order valence-electron chi connectivity index (χ1n) is 10.3.